The molecule has 2 bridgehead atoms. The van der Waals surface area contributed by atoms with Crippen LogP contribution in [-0.4, -0.2) is 29.1 Å². The molecule has 0 unspecified atom stereocenters. The summed E-state index contributed by atoms with van der Waals surface area (Å²) in [5, 5.41) is 0.478. The Morgan fingerprint density at radius 3 is 3.00 bits per heavy atom. The summed E-state index contributed by atoms with van der Waals surface area (Å²) >= 11 is 5.81. The standard InChI is InChI=1S/C13H15ClN2O2/c1-2-18-12(17)16-8-9-5-13(16,6-9)10-3-4-11(14)15-7-10/h3-4,7,9H,2,5-6,8H2,1H3. The van der Waals surface area contributed by atoms with Crippen LogP contribution in [0, 0.1) is 5.92 Å². The second kappa shape index (κ2) is 4.12. The van der Waals surface area contributed by atoms with E-state index in [1.54, 1.807) is 12.3 Å². The number of nitrogens with zero attached hydrogens (tertiary/aromatic N) is 2. The zero-order valence-corrected chi connectivity index (χ0v) is 11.0. The first-order valence-electron chi connectivity index (χ1n) is 6.22. The van der Waals surface area contributed by atoms with Crippen molar-refractivity contribution in [3.63, 3.8) is 0 Å². The van der Waals surface area contributed by atoms with E-state index in [1.165, 1.54) is 0 Å². The number of amides is 1. The van der Waals surface area contributed by atoms with Gasteiger partial charge in [0.15, 0.2) is 0 Å². The number of carbonyl (C=O) groups is 1. The predicted molar refractivity (Wildman–Crippen MR) is 67.4 cm³/mol. The molecule has 1 saturated carbocycles. The predicted octanol–water partition coefficient (Wildman–Crippen LogP) is 2.81. The minimum absolute atomic E-state index is 0.200. The van der Waals surface area contributed by atoms with Gasteiger partial charge in [-0.05, 0) is 37.3 Å². The Bertz CT molecular complexity index is 468. The van der Waals surface area contributed by atoms with Gasteiger partial charge >= 0.3 is 6.09 Å². The molecule has 0 atom stereocenters. The lowest BCUT2D eigenvalue weighted by atomic mass is 9.69. The van der Waals surface area contributed by atoms with E-state index < -0.39 is 0 Å². The summed E-state index contributed by atoms with van der Waals surface area (Å²) < 4.78 is 5.13. The number of halogens is 1. The summed E-state index contributed by atoms with van der Waals surface area (Å²) in [4.78, 5) is 18.0. The lowest BCUT2D eigenvalue weighted by Crippen LogP contribution is -2.46. The number of ether oxygens (including phenoxy) is 1. The molecule has 18 heavy (non-hydrogen) atoms. The molecule has 1 aliphatic carbocycles. The van der Waals surface area contributed by atoms with Gasteiger partial charge < -0.3 is 4.74 Å². The van der Waals surface area contributed by atoms with E-state index in [2.05, 4.69) is 4.98 Å². The number of hydrogen-bond donors (Lipinski definition) is 0. The largest absolute Gasteiger partial charge is 0.450 e. The summed E-state index contributed by atoms with van der Waals surface area (Å²) in [6.45, 7) is 3.03. The van der Waals surface area contributed by atoms with Crippen molar-refractivity contribution in [1.82, 2.24) is 9.88 Å². The van der Waals surface area contributed by atoms with Crippen LogP contribution in [-0.2, 0) is 10.3 Å². The van der Waals surface area contributed by atoms with Gasteiger partial charge in [0.05, 0.1) is 12.1 Å². The molecule has 0 N–H and O–H groups in total. The van der Waals surface area contributed by atoms with E-state index in [4.69, 9.17) is 16.3 Å². The molecule has 0 aromatic carbocycles. The number of rotatable bonds is 2. The second-order valence-electron chi connectivity index (χ2n) is 4.98. The van der Waals surface area contributed by atoms with Crippen LogP contribution < -0.4 is 0 Å². The molecule has 5 heteroatoms. The van der Waals surface area contributed by atoms with Crippen molar-refractivity contribution in [3.05, 3.63) is 29.0 Å². The van der Waals surface area contributed by atoms with Gasteiger partial charge in [0.25, 0.3) is 0 Å². The Kier molecular flexibility index (Phi) is 2.70. The lowest BCUT2D eigenvalue weighted by molar-refractivity contribution is 0.0648. The molecular weight excluding hydrogens is 252 g/mol. The quantitative estimate of drug-likeness (QED) is 0.773. The van der Waals surface area contributed by atoms with Gasteiger partial charge in [0.1, 0.15) is 5.15 Å². The zero-order chi connectivity index (χ0) is 12.8. The first-order chi connectivity index (χ1) is 8.65. The molecule has 4 rings (SSSR count). The van der Waals surface area contributed by atoms with Gasteiger partial charge in [-0.2, -0.15) is 0 Å². The van der Waals surface area contributed by atoms with Crippen LogP contribution >= 0.6 is 11.6 Å². The highest BCUT2D eigenvalue weighted by Gasteiger charge is 2.59. The van der Waals surface area contributed by atoms with E-state index in [-0.39, 0.29) is 11.6 Å². The molecule has 0 radical (unpaired) electrons. The van der Waals surface area contributed by atoms with Gasteiger partial charge in [0.2, 0.25) is 0 Å². The summed E-state index contributed by atoms with van der Waals surface area (Å²) in [5.41, 5.74) is 0.864. The third kappa shape index (κ3) is 1.59. The summed E-state index contributed by atoms with van der Waals surface area (Å²) in [6, 6.07) is 3.74. The first kappa shape index (κ1) is 11.8. The zero-order valence-electron chi connectivity index (χ0n) is 10.2. The van der Waals surface area contributed by atoms with Crippen molar-refractivity contribution in [1.29, 1.82) is 0 Å². The normalized spacial score (nSPS) is 29.0. The summed E-state index contributed by atoms with van der Waals surface area (Å²) in [5.74, 6) is 0.602. The Morgan fingerprint density at radius 2 is 2.39 bits per heavy atom. The van der Waals surface area contributed by atoms with E-state index in [1.807, 2.05) is 17.9 Å². The molecule has 96 valence electrons. The van der Waals surface area contributed by atoms with Gasteiger partial charge in [-0.25, -0.2) is 9.78 Å². The van der Waals surface area contributed by atoms with Gasteiger partial charge in [0, 0.05) is 12.7 Å². The molecule has 1 aromatic rings. The fourth-order valence-electron chi connectivity index (χ4n) is 3.17. The van der Waals surface area contributed by atoms with Gasteiger partial charge in [-0.3, -0.25) is 4.90 Å². The molecule has 3 heterocycles. The molecule has 2 saturated heterocycles. The average Bonchev–Trinajstić information content (AvgIpc) is 2.85. The minimum atomic E-state index is -0.215. The maximum absolute atomic E-state index is 12.0. The maximum Gasteiger partial charge on any atom is 0.410 e. The van der Waals surface area contributed by atoms with Gasteiger partial charge in [-0.15, -0.1) is 0 Å². The SMILES string of the molecule is CCOC(=O)N1CC2CC1(c1ccc(Cl)nc1)C2. The van der Waals surface area contributed by atoms with Crippen LogP contribution in [0.4, 0.5) is 4.79 Å². The number of pyridine rings is 1. The Morgan fingerprint density at radius 1 is 1.61 bits per heavy atom. The molecule has 1 aromatic heterocycles. The smallest absolute Gasteiger partial charge is 0.410 e. The van der Waals surface area contributed by atoms with Crippen LogP contribution in [0.2, 0.25) is 5.15 Å². The molecule has 1 amide bonds. The van der Waals surface area contributed by atoms with E-state index in [0.29, 0.717) is 17.7 Å². The van der Waals surface area contributed by atoms with Crippen LogP contribution in [0.1, 0.15) is 25.3 Å². The average molecular weight is 267 g/mol. The number of hydrogen-bond acceptors (Lipinski definition) is 3. The summed E-state index contributed by atoms with van der Waals surface area (Å²) in [7, 11) is 0. The first-order valence-corrected chi connectivity index (χ1v) is 6.60. The van der Waals surface area contributed by atoms with Crippen molar-refractivity contribution in [3.8, 4) is 0 Å². The topological polar surface area (TPSA) is 42.4 Å². The van der Waals surface area contributed by atoms with Crippen molar-refractivity contribution < 1.29 is 9.53 Å². The molecule has 3 aliphatic rings. The fourth-order valence-corrected chi connectivity index (χ4v) is 3.28. The third-order valence-corrected chi connectivity index (χ3v) is 4.19. The molecular formula is C13H15ClN2O2. The summed E-state index contributed by atoms with van der Waals surface area (Å²) in [6.07, 6.45) is 3.58. The maximum atomic E-state index is 12.0. The number of fused-ring (bicyclic) bond motifs is 1. The second-order valence-corrected chi connectivity index (χ2v) is 5.37. The van der Waals surface area contributed by atoms with Crippen LogP contribution in [0.3, 0.4) is 0 Å². The molecule has 3 fully saturated rings. The number of carbonyl (C=O) groups excluding carboxylic acids is 1. The Balaban J connectivity index is 1.89. The van der Waals surface area contributed by atoms with Crippen LogP contribution in [0.5, 0.6) is 0 Å². The van der Waals surface area contributed by atoms with E-state index >= 15 is 0 Å². The van der Waals surface area contributed by atoms with Crippen molar-refractivity contribution in [2.24, 2.45) is 5.92 Å². The minimum Gasteiger partial charge on any atom is -0.450 e. The lowest BCUT2D eigenvalue weighted by Gasteiger charge is -2.41. The van der Waals surface area contributed by atoms with Crippen LogP contribution in [0.25, 0.3) is 0 Å². The van der Waals surface area contributed by atoms with E-state index in [0.717, 1.165) is 24.9 Å². The van der Waals surface area contributed by atoms with Gasteiger partial charge in [-0.1, -0.05) is 17.7 Å². The Labute approximate surface area is 111 Å². The van der Waals surface area contributed by atoms with E-state index in [9.17, 15) is 4.79 Å². The highest BCUT2D eigenvalue weighted by Crippen LogP contribution is 2.57. The van der Waals surface area contributed by atoms with Crippen molar-refractivity contribution in [2.45, 2.75) is 25.3 Å². The fraction of sp³-hybridized carbons (Fsp3) is 0.538. The van der Waals surface area contributed by atoms with Crippen molar-refractivity contribution in [2.75, 3.05) is 13.2 Å². The highest BCUT2D eigenvalue weighted by molar-refractivity contribution is 6.29. The molecule has 4 nitrogen and oxygen atoms in total. The van der Waals surface area contributed by atoms with Crippen LogP contribution in [0.15, 0.2) is 18.3 Å². The molecule has 2 aliphatic heterocycles. The Hall–Kier alpha value is -1.29. The monoisotopic (exact) mass is 266 g/mol. The number of aromatic nitrogens is 1. The molecule has 0 spiro atoms. The third-order valence-electron chi connectivity index (χ3n) is 3.96. The van der Waals surface area contributed by atoms with Crippen molar-refractivity contribution >= 4 is 17.7 Å². The highest BCUT2D eigenvalue weighted by atomic mass is 35.5.